The van der Waals surface area contributed by atoms with Gasteiger partial charge in [0.15, 0.2) is 0 Å². The molecule has 0 aliphatic rings. The third-order valence-electron chi connectivity index (χ3n) is 1.78. The van der Waals surface area contributed by atoms with E-state index in [4.69, 9.17) is 16.9 Å². The zero-order valence-electron chi connectivity index (χ0n) is 8.00. The molecule has 0 heterocycles. The highest BCUT2D eigenvalue weighted by molar-refractivity contribution is 14.1. The van der Waals surface area contributed by atoms with Crippen molar-refractivity contribution in [1.82, 2.24) is 0 Å². The summed E-state index contributed by atoms with van der Waals surface area (Å²) in [7, 11) is 0. The summed E-state index contributed by atoms with van der Waals surface area (Å²) in [6.07, 6.45) is 2.22. The van der Waals surface area contributed by atoms with E-state index in [-0.39, 0.29) is 11.3 Å². The number of nitriles is 1. The average Bonchev–Trinajstić information content (AvgIpc) is 2.18. The maximum Gasteiger partial charge on any atom is 0.0680 e. The molecule has 0 bridgehead atoms. The Labute approximate surface area is 103 Å². The van der Waals surface area contributed by atoms with Crippen LogP contribution >= 0.6 is 34.2 Å². The maximum absolute atomic E-state index is 8.85. The zero-order valence-corrected chi connectivity index (χ0v) is 10.9. The van der Waals surface area contributed by atoms with Crippen LogP contribution in [0.2, 0.25) is 0 Å². The lowest BCUT2D eigenvalue weighted by atomic mass is 10.0. The molecule has 0 fully saturated rings. The van der Waals surface area contributed by atoms with Crippen molar-refractivity contribution in [2.24, 2.45) is 10.9 Å². The predicted octanol–water partition coefficient (Wildman–Crippen LogP) is 3.68. The summed E-state index contributed by atoms with van der Waals surface area (Å²) in [5.41, 5.74) is 0.777. The van der Waals surface area contributed by atoms with Crippen molar-refractivity contribution in [3.63, 3.8) is 0 Å². The molecule has 0 aliphatic carbocycles. The number of alkyl halides is 1. The molecule has 0 radical (unpaired) electrons. The Bertz CT molecular complexity index is 289. The summed E-state index contributed by atoms with van der Waals surface area (Å²) in [5.74, 6) is -0.234. The first-order valence-corrected chi connectivity index (χ1v) is 5.59. The van der Waals surface area contributed by atoms with Gasteiger partial charge in [-0.25, -0.2) is 0 Å². The van der Waals surface area contributed by atoms with E-state index in [0.717, 1.165) is 9.28 Å². The maximum atomic E-state index is 8.85. The van der Waals surface area contributed by atoms with Crippen LogP contribution in [0.3, 0.4) is 0 Å². The van der Waals surface area contributed by atoms with Gasteiger partial charge < -0.3 is 0 Å². The van der Waals surface area contributed by atoms with Crippen LogP contribution in [0.5, 0.6) is 0 Å². The van der Waals surface area contributed by atoms with E-state index < -0.39 is 0 Å². The molecule has 0 aromatic heterocycles. The quantitative estimate of drug-likeness (QED) is 0.329. The molecule has 0 aromatic rings. The monoisotopic (exact) mass is 322 g/mol. The van der Waals surface area contributed by atoms with Crippen LogP contribution in [0.4, 0.5) is 0 Å². The van der Waals surface area contributed by atoms with E-state index in [2.05, 4.69) is 46.9 Å². The smallest absolute Gasteiger partial charge is 0.0680 e. The average molecular weight is 323 g/mol. The number of halogens is 2. The summed E-state index contributed by atoms with van der Waals surface area (Å²) in [5, 5.41) is 8.66. The third-order valence-corrected chi connectivity index (χ3v) is 3.15. The van der Waals surface area contributed by atoms with Gasteiger partial charge in [0.1, 0.15) is 0 Å². The normalized spacial score (nSPS) is 16.1. The molecule has 76 valence electrons. The number of allylic oxidation sites excluding steroid dienone is 3. The molecule has 0 amide bonds. The number of hydrogen-bond donors (Lipinski definition) is 0. The van der Waals surface area contributed by atoms with E-state index in [9.17, 15) is 0 Å². The van der Waals surface area contributed by atoms with Crippen molar-refractivity contribution >= 4 is 40.9 Å². The Morgan fingerprint density at radius 1 is 1.79 bits per heavy atom. The molecule has 0 saturated heterocycles. The first kappa shape index (κ1) is 13.7. The van der Waals surface area contributed by atoms with Gasteiger partial charge >= 0.3 is 0 Å². The van der Waals surface area contributed by atoms with E-state index in [1.165, 1.54) is 0 Å². The summed E-state index contributed by atoms with van der Waals surface area (Å²) >= 11 is 7.97. The van der Waals surface area contributed by atoms with E-state index in [0.29, 0.717) is 6.42 Å². The minimum atomic E-state index is -0.234. The molecular formula is C10H12ClIN2. The van der Waals surface area contributed by atoms with Crippen LogP contribution in [0.15, 0.2) is 26.9 Å². The Kier molecular flexibility index (Phi) is 6.85. The van der Waals surface area contributed by atoms with Crippen molar-refractivity contribution in [2.75, 3.05) is 0 Å². The van der Waals surface area contributed by atoms with Gasteiger partial charge in [-0.1, -0.05) is 12.7 Å². The summed E-state index contributed by atoms with van der Waals surface area (Å²) in [4.78, 5) is 3.87. The lowest BCUT2D eigenvalue weighted by molar-refractivity contribution is 0.639. The molecule has 0 rings (SSSR count). The number of hydrogen-bond acceptors (Lipinski definition) is 2. The Hall–Kier alpha value is -0.340. The van der Waals surface area contributed by atoms with Crippen molar-refractivity contribution in [2.45, 2.75) is 18.7 Å². The van der Waals surface area contributed by atoms with Gasteiger partial charge in [0.05, 0.1) is 17.7 Å². The van der Waals surface area contributed by atoms with Gasteiger partial charge in [-0.2, -0.15) is 5.26 Å². The fourth-order valence-electron chi connectivity index (χ4n) is 0.874. The second kappa shape index (κ2) is 7.02. The lowest BCUT2D eigenvalue weighted by Gasteiger charge is -2.11. The van der Waals surface area contributed by atoms with E-state index in [1.807, 2.05) is 0 Å². The Morgan fingerprint density at radius 2 is 2.36 bits per heavy atom. The summed E-state index contributed by atoms with van der Waals surface area (Å²) in [6, 6.07) is 2.15. The first-order valence-electron chi connectivity index (χ1n) is 4.08. The highest BCUT2D eigenvalue weighted by atomic mass is 127. The van der Waals surface area contributed by atoms with Crippen LogP contribution in [0.25, 0.3) is 0 Å². The second-order valence-corrected chi connectivity index (χ2v) is 4.62. The fraction of sp³-hybridized carbons (Fsp3) is 0.400. The SMILES string of the molecule is C=C/C(I)=C(\C[C@@H](C#N)C(C)Cl)N=C. The molecule has 0 spiro atoms. The van der Waals surface area contributed by atoms with Crippen molar-refractivity contribution < 1.29 is 0 Å². The summed E-state index contributed by atoms with van der Waals surface area (Å²) in [6.45, 7) is 8.90. The van der Waals surface area contributed by atoms with Gasteiger partial charge in [0.2, 0.25) is 0 Å². The highest BCUT2D eigenvalue weighted by Crippen LogP contribution is 2.24. The van der Waals surface area contributed by atoms with Crippen LogP contribution in [0, 0.1) is 17.2 Å². The van der Waals surface area contributed by atoms with Gasteiger partial charge in [-0.15, -0.1) is 11.6 Å². The van der Waals surface area contributed by atoms with E-state index in [1.54, 1.807) is 13.0 Å². The zero-order chi connectivity index (χ0) is 11.1. The molecule has 0 N–H and O–H groups in total. The molecule has 0 aromatic carbocycles. The minimum absolute atomic E-state index is 0.189. The van der Waals surface area contributed by atoms with E-state index >= 15 is 0 Å². The molecule has 4 heteroatoms. The number of nitrogens with zero attached hydrogens (tertiary/aromatic N) is 2. The van der Waals surface area contributed by atoms with Crippen molar-refractivity contribution in [3.8, 4) is 6.07 Å². The van der Waals surface area contributed by atoms with Crippen molar-refractivity contribution in [1.29, 1.82) is 5.26 Å². The van der Waals surface area contributed by atoms with Crippen LogP contribution in [0.1, 0.15) is 13.3 Å². The molecule has 2 nitrogen and oxygen atoms in total. The Morgan fingerprint density at radius 3 is 2.64 bits per heavy atom. The first-order chi connectivity index (χ1) is 6.56. The molecule has 0 saturated carbocycles. The Balaban J connectivity index is 4.71. The van der Waals surface area contributed by atoms with Gasteiger partial charge in [0.25, 0.3) is 0 Å². The lowest BCUT2D eigenvalue weighted by Crippen LogP contribution is -2.09. The van der Waals surface area contributed by atoms with Crippen molar-refractivity contribution in [3.05, 3.63) is 21.9 Å². The highest BCUT2D eigenvalue weighted by Gasteiger charge is 2.16. The molecule has 14 heavy (non-hydrogen) atoms. The standard InChI is InChI=1S/C10H12ClIN2/c1-4-9(12)10(14-3)5-8(6-13)7(2)11/h4,7-8H,1,3,5H2,2H3/b10-9-/t7?,8-/m0/s1. The van der Waals surface area contributed by atoms with Gasteiger partial charge in [-0.05, 0) is 36.2 Å². The molecule has 2 atom stereocenters. The van der Waals surface area contributed by atoms with Gasteiger partial charge in [-0.3, -0.25) is 4.99 Å². The van der Waals surface area contributed by atoms with Crippen LogP contribution in [-0.2, 0) is 0 Å². The van der Waals surface area contributed by atoms with Crippen LogP contribution < -0.4 is 0 Å². The second-order valence-electron chi connectivity index (χ2n) is 2.77. The van der Waals surface area contributed by atoms with Crippen LogP contribution in [-0.4, -0.2) is 12.1 Å². The molecule has 1 unspecified atom stereocenters. The third kappa shape index (κ3) is 4.25. The number of aliphatic imine (C=N–C) groups is 1. The topological polar surface area (TPSA) is 36.1 Å². The largest absolute Gasteiger partial charge is 0.268 e. The minimum Gasteiger partial charge on any atom is -0.268 e. The fourth-order valence-corrected chi connectivity index (χ4v) is 1.41. The predicted molar refractivity (Wildman–Crippen MR) is 69.8 cm³/mol. The molecular weight excluding hydrogens is 310 g/mol. The molecule has 0 aliphatic heterocycles. The summed E-state index contributed by atoms with van der Waals surface area (Å²) < 4.78 is 0.912. The number of rotatable bonds is 5. The van der Waals surface area contributed by atoms with Gasteiger partial charge in [0, 0.05) is 15.4 Å².